The van der Waals surface area contributed by atoms with Gasteiger partial charge in [-0.3, -0.25) is 0 Å². The maximum atomic E-state index is 11.4. The van der Waals surface area contributed by atoms with E-state index in [0.717, 1.165) is 18.5 Å². The molecule has 0 bridgehead atoms. The molecule has 0 aliphatic heterocycles. The van der Waals surface area contributed by atoms with Crippen LogP contribution in [0.2, 0.25) is 0 Å². The first-order chi connectivity index (χ1) is 8.34. The summed E-state index contributed by atoms with van der Waals surface area (Å²) in [7, 11) is -3.10. The van der Waals surface area contributed by atoms with Gasteiger partial charge in [0.2, 0.25) is 0 Å². The molecule has 0 fully saturated rings. The van der Waals surface area contributed by atoms with Crippen LogP contribution in [0.5, 0.6) is 0 Å². The summed E-state index contributed by atoms with van der Waals surface area (Å²) < 4.78 is 22.8. The van der Waals surface area contributed by atoms with Gasteiger partial charge in [0.05, 0.1) is 4.90 Å². The molecule has 102 valence electrons. The molecule has 0 saturated heterocycles. The van der Waals surface area contributed by atoms with Crippen LogP contribution in [0.25, 0.3) is 0 Å². The Morgan fingerprint density at radius 2 is 1.72 bits per heavy atom. The highest BCUT2D eigenvalue weighted by molar-refractivity contribution is 7.90. The standard InChI is InChI=1S/C14H23NO2S/c1-5-15-14(10-11(2)3)12-6-8-13(9-7-12)18(4,16)17/h6-9,11,14-15H,5,10H2,1-4H3. The van der Waals surface area contributed by atoms with Crippen molar-refractivity contribution >= 4 is 9.84 Å². The van der Waals surface area contributed by atoms with Gasteiger partial charge in [-0.25, -0.2) is 8.42 Å². The van der Waals surface area contributed by atoms with Crippen LogP contribution < -0.4 is 5.32 Å². The average molecular weight is 269 g/mol. The number of benzene rings is 1. The van der Waals surface area contributed by atoms with E-state index in [-0.39, 0.29) is 0 Å². The van der Waals surface area contributed by atoms with Crippen LogP contribution in [0.1, 0.15) is 38.8 Å². The Hall–Kier alpha value is -0.870. The van der Waals surface area contributed by atoms with E-state index in [4.69, 9.17) is 0 Å². The number of nitrogens with one attached hydrogen (secondary N) is 1. The van der Waals surface area contributed by atoms with E-state index in [2.05, 4.69) is 26.1 Å². The van der Waals surface area contributed by atoms with Crippen LogP contribution in [0, 0.1) is 5.92 Å². The quantitative estimate of drug-likeness (QED) is 0.863. The minimum atomic E-state index is -3.10. The second kappa shape index (κ2) is 6.34. The van der Waals surface area contributed by atoms with Crippen molar-refractivity contribution in [3.8, 4) is 0 Å². The van der Waals surface area contributed by atoms with Crippen molar-refractivity contribution in [3.05, 3.63) is 29.8 Å². The Labute approximate surface area is 111 Å². The van der Waals surface area contributed by atoms with Gasteiger partial charge in [0.25, 0.3) is 0 Å². The topological polar surface area (TPSA) is 46.2 Å². The van der Waals surface area contributed by atoms with Crippen LogP contribution in [-0.4, -0.2) is 21.2 Å². The highest BCUT2D eigenvalue weighted by Crippen LogP contribution is 2.22. The minimum absolute atomic E-state index is 0.295. The normalized spacial score (nSPS) is 13.8. The second-order valence-corrected chi connectivity index (χ2v) is 7.10. The SMILES string of the molecule is CCNC(CC(C)C)c1ccc(S(C)(=O)=O)cc1. The summed E-state index contributed by atoms with van der Waals surface area (Å²) in [6.07, 6.45) is 2.28. The van der Waals surface area contributed by atoms with Crippen molar-refractivity contribution in [2.45, 2.75) is 38.1 Å². The van der Waals surface area contributed by atoms with Gasteiger partial charge in [0, 0.05) is 12.3 Å². The fraction of sp³-hybridized carbons (Fsp3) is 0.571. The molecule has 3 nitrogen and oxygen atoms in total. The third-order valence-electron chi connectivity index (χ3n) is 2.87. The Kier molecular flexibility index (Phi) is 5.35. The molecule has 0 radical (unpaired) electrons. The monoisotopic (exact) mass is 269 g/mol. The van der Waals surface area contributed by atoms with Crippen LogP contribution in [0.15, 0.2) is 29.2 Å². The first-order valence-corrected chi connectivity index (χ1v) is 8.27. The lowest BCUT2D eigenvalue weighted by Gasteiger charge is -2.20. The molecular weight excluding hydrogens is 246 g/mol. The van der Waals surface area contributed by atoms with E-state index >= 15 is 0 Å². The van der Waals surface area contributed by atoms with E-state index < -0.39 is 9.84 Å². The van der Waals surface area contributed by atoms with Gasteiger partial charge in [0.1, 0.15) is 0 Å². The molecule has 18 heavy (non-hydrogen) atoms. The summed E-state index contributed by atoms with van der Waals surface area (Å²) >= 11 is 0. The third-order valence-corrected chi connectivity index (χ3v) is 4.00. The Balaban J connectivity index is 2.93. The molecule has 1 rings (SSSR count). The van der Waals surface area contributed by atoms with Gasteiger partial charge in [-0.05, 0) is 36.6 Å². The number of hydrogen-bond donors (Lipinski definition) is 1. The molecule has 0 aromatic heterocycles. The molecule has 4 heteroatoms. The van der Waals surface area contributed by atoms with Gasteiger partial charge < -0.3 is 5.32 Å². The van der Waals surface area contributed by atoms with Crippen LogP contribution in [0.3, 0.4) is 0 Å². The molecule has 0 aliphatic rings. The number of sulfone groups is 1. The van der Waals surface area contributed by atoms with Gasteiger partial charge in [0.15, 0.2) is 9.84 Å². The summed E-state index contributed by atoms with van der Waals surface area (Å²) in [6, 6.07) is 7.49. The summed E-state index contributed by atoms with van der Waals surface area (Å²) in [5.74, 6) is 0.601. The molecule has 0 heterocycles. The second-order valence-electron chi connectivity index (χ2n) is 5.08. The van der Waals surface area contributed by atoms with Crippen molar-refractivity contribution in [2.75, 3.05) is 12.8 Å². The van der Waals surface area contributed by atoms with E-state index in [9.17, 15) is 8.42 Å². The van der Waals surface area contributed by atoms with Crippen LogP contribution in [0.4, 0.5) is 0 Å². The van der Waals surface area contributed by atoms with Crippen LogP contribution in [-0.2, 0) is 9.84 Å². The summed E-state index contributed by atoms with van der Waals surface area (Å²) in [5.41, 5.74) is 1.15. The van der Waals surface area contributed by atoms with Crippen molar-refractivity contribution in [1.82, 2.24) is 5.32 Å². The first-order valence-electron chi connectivity index (χ1n) is 6.38. The summed E-state index contributed by atoms with van der Waals surface area (Å²) in [4.78, 5) is 0.381. The zero-order valence-electron chi connectivity index (χ0n) is 11.6. The Bertz CT molecular complexity index is 463. The van der Waals surface area contributed by atoms with E-state index in [1.54, 1.807) is 12.1 Å². The van der Waals surface area contributed by atoms with E-state index in [1.807, 2.05) is 12.1 Å². The van der Waals surface area contributed by atoms with E-state index in [1.165, 1.54) is 6.26 Å². The minimum Gasteiger partial charge on any atom is -0.310 e. The molecule has 0 aliphatic carbocycles. The predicted octanol–water partition coefficient (Wildman–Crippen LogP) is 2.79. The zero-order valence-corrected chi connectivity index (χ0v) is 12.4. The molecule has 1 aromatic rings. The highest BCUT2D eigenvalue weighted by Gasteiger charge is 2.13. The van der Waals surface area contributed by atoms with Crippen LogP contribution >= 0.6 is 0 Å². The lowest BCUT2D eigenvalue weighted by molar-refractivity contribution is 0.438. The number of hydrogen-bond acceptors (Lipinski definition) is 3. The first kappa shape index (κ1) is 15.2. The Morgan fingerprint density at radius 1 is 1.17 bits per heavy atom. The Morgan fingerprint density at radius 3 is 2.11 bits per heavy atom. The van der Waals surface area contributed by atoms with Gasteiger partial charge in [-0.2, -0.15) is 0 Å². The summed E-state index contributed by atoms with van der Waals surface area (Å²) in [5, 5.41) is 3.44. The van der Waals surface area contributed by atoms with Crippen molar-refractivity contribution < 1.29 is 8.42 Å². The van der Waals surface area contributed by atoms with Gasteiger partial charge in [-0.1, -0.05) is 32.9 Å². The maximum Gasteiger partial charge on any atom is 0.175 e. The molecule has 1 unspecified atom stereocenters. The fourth-order valence-corrected chi connectivity index (χ4v) is 2.63. The highest BCUT2D eigenvalue weighted by atomic mass is 32.2. The van der Waals surface area contributed by atoms with Gasteiger partial charge >= 0.3 is 0 Å². The van der Waals surface area contributed by atoms with Crippen molar-refractivity contribution in [3.63, 3.8) is 0 Å². The molecule has 1 aromatic carbocycles. The summed E-state index contributed by atoms with van der Waals surface area (Å²) in [6.45, 7) is 7.37. The van der Waals surface area contributed by atoms with Crippen molar-refractivity contribution in [1.29, 1.82) is 0 Å². The lowest BCUT2D eigenvalue weighted by Crippen LogP contribution is -2.22. The predicted molar refractivity (Wildman–Crippen MR) is 75.4 cm³/mol. The maximum absolute atomic E-state index is 11.4. The zero-order chi connectivity index (χ0) is 13.8. The molecule has 0 amide bonds. The van der Waals surface area contributed by atoms with Crippen molar-refractivity contribution in [2.24, 2.45) is 5.92 Å². The lowest BCUT2D eigenvalue weighted by atomic mass is 9.97. The number of rotatable bonds is 6. The smallest absolute Gasteiger partial charge is 0.175 e. The fourth-order valence-electron chi connectivity index (χ4n) is 2.00. The molecule has 0 saturated carbocycles. The third kappa shape index (κ3) is 4.42. The van der Waals surface area contributed by atoms with Gasteiger partial charge in [-0.15, -0.1) is 0 Å². The van der Waals surface area contributed by atoms with E-state index in [0.29, 0.717) is 16.9 Å². The molecule has 0 spiro atoms. The average Bonchev–Trinajstić information content (AvgIpc) is 2.27. The molecule has 1 N–H and O–H groups in total. The largest absolute Gasteiger partial charge is 0.310 e. The molecular formula is C14H23NO2S. The molecule has 1 atom stereocenters.